The molecule has 0 unspecified atom stereocenters. The molecule has 0 spiro atoms. The Morgan fingerprint density at radius 2 is 0.821 bits per heavy atom. The second kappa shape index (κ2) is 20.4. The van der Waals surface area contributed by atoms with Gasteiger partial charge in [0.2, 0.25) is 0 Å². The molecule has 2 N–H and O–H groups in total. The van der Waals surface area contributed by atoms with Gasteiger partial charge in [0, 0.05) is 25.3 Å². The van der Waals surface area contributed by atoms with Crippen LogP contribution in [-0.2, 0) is 0 Å². The Kier molecular flexibility index (Phi) is 15.6. The third-order valence-electron chi connectivity index (χ3n) is 8.04. The molecule has 4 aromatic rings. The number of anilines is 1. The molecule has 0 atom stereocenters. The van der Waals surface area contributed by atoms with E-state index in [-0.39, 0.29) is 0 Å². The summed E-state index contributed by atoms with van der Waals surface area (Å²) in [5.74, 6) is 15.6. The third-order valence-corrected chi connectivity index (χ3v) is 15.2. The Morgan fingerprint density at radius 3 is 1.27 bits per heavy atom. The van der Waals surface area contributed by atoms with Crippen molar-refractivity contribution in [3.05, 3.63) is 58.7 Å². The molecular formula is C40H47N9S7. The van der Waals surface area contributed by atoms with Gasteiger partial charge in [-0.3, -0.25) is 0 Å². The highest BCUT2D eigenvalue weighted by Crippen LogP contribution is 2.46. The van der Waals surface area contributed by atoms with Crippen LogP contribution in [0.1, 0.15) is 82.9 Å². The second-order valence-electron chi connectivity index (χ2n) is 12.0. The Bertz CT molecular complexity index is 2350. The highest BCUT2D eigenvalue weighted by Gasteiger charge is 2.28. The predicted octanol–water partition coefficient (Wildman–Crippen LogP) is 11.4. The molecule has 6 rings (SSSR count). The first-order valence-corrected chi connectivity index (χ1v) is 25.7. The lowest BCUT2D eigenvalue weighted by Gasteiger charge is -2.11. The maximum atomic E-state index is 5.37. The zero-order valence-electron chi connectivity index (χ0n) is 33.2. The van der Waals surface area contributed by atoms with E-state index in [0.717, 1.165) is 103 Å². The molecule has 16 heteroatoms. The first kappa shape index (κ1) is 42.9. The molecule has 0 amide bonds. The number of aromatic nitrogens is 8. The molecule has 8 bridgehead atoms. The minimum absolute atomic E-state index is 0.619. The van der Waals surface area contributed by atoms with Crippen molar-refractivity contribution in [1.29, 1.82) is 0 Å². The fourth-order valence-corrected chi connectivity index (χ4v) is 12.1. The van der Waals surface area contributed by atoms with Gasteiger partial charge in [-0.2, -0.15) is 0 Å². The summed E-state index contributed by atoms with van der Waals surface area (Å²) in [5.41, 5.74) is 5.68. The predicted molar refractivity (Wildman–Crippen MR) is 254 cm³/mol. The Labute approximate surface area is 360 Å². The van der Waals surface area contributed by atoms with E-state index in [0.29, 0.717) is 34.6 Å². The summed E-state index contributed by atoms with van der Waals surface area (Å²) in [4.78, 5) is 48.2. The lowest BCUT2D eigenvalue weighted by molar-refractivity contribution is 1.06. The van der Waals surface area contributed by atoms with Crippen LogP contribution in [0.25, 0.3) is 42.2 Å². The second-order valence-corrected chi connectivity index (χ2v) is 20.9. The maximum absolute atomic E-state index is 5.37. The highest BCUT2D eigenvalue weighted by molar-refractivity contribution is 8.14. The van der Waals surface area contributed by atoms with Crippen molar-refractivity contribution < 1.29 is 0 Å². The van der Waals surface area contributed by atoms with E-state index in [2.05, 4.69) is 99.4 Å². The van der Waals surface area contributed by atoms with E-state index in [1.165, 1.54) is 0 Å². The van der Waals surface area contributed by atoms with Crippen LogP contribution in [0.4, 0.5) is 5.69 Å². The number of nitrogens with zero attached hydrogens (tertiary/aromatic N) is 7. The normalized spacial score (nSPS) is 12.7. The van der Waals surface area contributed by atoms with Crippen molar-refractivity contribution in [3.8, 4) is 11.8 Å². The van der Waals surface area contributed by atoms with E-state index in [1.807, 2.05) is 14.1 Å². The standard InChI is InChI=1S/C40H47N9S7/c1-10-50-26-25(22-19-23-17-20-24(21-18-23)49(8)9)33-41-34(26)43-36-29(53-13-4)30(54-14-5)38(45-36)47-40-32(56-16-7)31(55-15-6)39(48-40)46-37-28(52-12-3)27(51-11-2)35(42-33)44-37/h17-18,20-21H,10-16H2,1-9H3,(H2,41,42,43,44,45,46,47,48). The van der Waals surface area contributed by atoms with Gasteiger partial charge in [0.15, 0.2) is 28.9 Å². The lowest BCUT2D eigenvalue weighted by Crippen LogP contribution is -2.07. The summed E-state index contributed by atoms with van der Waals surface area (Å²) < 4.78 is 0. The van der Waals surface area contributed by atoms with Gasteiger partial charge in [-0.15, -0.1) is 82.3 Å². The average molecular weight is 878 g/mol. The largest absolute Gasteiger partial charge is 0.378 e. The van der Waals surface area contributed by atoms with Gasteiger partial charge in [-0.25, -0.2) is 29.9 Å². The zero-order valence-corrected chi connectivity index (χ0v) is 39.0. The summed E-state index contributed by atoms with van der Waals surface area (Å²) in [6.07, 6.45) is 0. The Balaban J connectivity index is 1.79. The van der Waals surface area contributed by atoms with Gasteiger partial charge in [-0.1, -0.05) is 60.3 Å². The van der Waals surface area contributed by atoms with Crippen LogP contribution in [0.3, 0.4) is 0 Å². The third kappa shape index (κ3) is 9.45. The Hall–Kier alpha value is -2.65. The van der Waals surface area contributed by atoms with Gasteiger partial charge < -0.3 is 14.9 Å². The lowest BCUT2D eigenvalue weighted by atomic mass is 10.2. The minimum Gasteiger partial charge on any atom is -0.378 e. The van der Waals surface area contributed by atoms with Crippen LogP contribution in [0.2, 0.25) is 0 Å². The Morgan fingerprint density at radius 1 is 0.446 bits per heavy atom. The van der Waals surface area contributed by atoms with E-state index in [1.54, 1.807) is 82.3 Å². The molecule has 294 valence electrons. The molecule has 0 saturated carbocycles. The van der Waals surface area contributed by atoms with E-state index < -0.39 is 0 Å². The monoisotopic (exact) mass is 877 g/mol. The number of H-pyrrole nitrogens is 2. The first-order chi connectivity index (χ1) is 27.3. The van der Waals surface area contributed by atoms with E-state index >= 15 is 0 Å². The number of hydrogen-bond donors (Lipinski definition) is 2. The molecule has 9 nitrogen and oxygen atoms in total. The van der Waals surface area contributed by atoms with Gasteiger partial charge in [0.1, 0.15) is 16.9 Å². The molecule has 3 aromatic heterocycles. The molecule has 0 fully saturated rings. The quantitative estimate of drug-likeness (QED) is 0.0872. The zero-order chi connectivity index (χ0) is 39.8. The van der Waals surface area contributed by atoms with Crippen molar-refractivity contribution in [2.75, 3.05) is 59.3 Å². The van der Waals surface area contributed by atoms with Crippen molar-refractivity contribution in [3.63, 3.8) is 0 Å². The molecule has 2 aliphatic rings. The van der Waals surface area contributed by atoms with Crippen molar-refractivity contribution in [2.45, 2.75) is 63.2 Å². The number of thioether (sulfide) groups is 7. The number of rotatable bonds is 15. The summed E-state index contributed by atoms with van der Waals surface area (Å²) in [5, 5.41) is 0. The van der Waals surface area contributed by atoms with Gasteiger partial charge in [0.25, 0.3) is 0 Å². The van der Waals surface area contributed by atoms with Crippen LogP contribution < -0.4 is 4.90 Å². The fraction of sp³-hybridized carbons (Fsp3) is 0.400. The van der Waals surface area contributed by atoms with Crippen molar-refractivity contribution in [2.24, 2.45) is 0 Å². The summed E-state index contributed by atoms with van der Waals surface area (Å²) in [6.45, 7) is 15.1. The average Bonchev–Trinajstić information content (AvgIpc) is 3.87. The molecule has 2 aliphatic heterocycles. The van der Waals surface area contributed by atoms with Crippen LogP contribution in [0, 0.1) is 11.8 Å². The molecule has 0 radical (unpaired) electrons. The summed E-state index contributed by atoms with van der Waals surface area (Å²) >= 11 is 12.3. The number of aromatic amines is 2. The number of benzene rings is 1. The molecule has 0 saturated heterocycles. The van der Waals surface area contributed by atoms with E-state index in [4.69, 9.17) is 29.9 Å². The van der Waals surface area contributed by atoms with Gasteiger partial charge >= 0.3 is 0 Å². The first-order valence-electron chi connectivity index (χ1n) is 18.8. The fourth-order valence-electron chi connectivity index (χ4n) is 5.79. The number of fused-ring (bicyclic) bond motifs is 8. The highest BCUT2D eigenvalue weighted by atomic mass is 32.2. The maximum Gasteiger partial charge on any atom is 0.171 e. The van der Waals surface area contributed by atoms with Gasteiger partial charge in [-0.05, 0) is 64.5 Å². The van der Waals surface area contributed by atoms with E-state index in [9.17, 15) is 0 Å². The molecule has 1 aromatic carbocycles. The molecular weight excluding hydrogens is 831 g/mol. The van der Waals surface area contributed by atoms with Crippen LogP contribution >= 0.6 is 82.3 Å². The SMILES string of the molecule is CCSC1=C(SCC)c2nc1nc1nc(nc3[nH]c(nc4[nH]c(n2)c(C#Cc2ccc(N(C)C)cc2)c4SCC)c(SCC)c3SCC)C(SCC)=C1SCC. The van der Waals surface area contributed by atoms with Gasteiger partial charge in [0.05, 0.1) is 39.9 Å². The topological polar surface area (TPSA) is 112 Å². The van der Waals surface area contributed by atoms with Crippen LogP contribution in [0.5, 0.6) is 0 Å². The molecule has 56 heavy (non-hydrogen) atoms. The molecule has 0 aliphatic carbocycles. The summed E-state index contributed by atoms with van der Waals surface area (Å²) in [6, 6.07) is 8.30. The smallest absolute Gasteiger partial charge is 0.171 e. The minimum atomic E-state index is 0.619. The number of nitrogens with one attached hydrogen (secondary N) is 2. The van der Waals surface area contributed by atoms with Crippen molar-refractivity contribution in [1.82, 2.24) is 39.9 Å². The number of hydrogen-bond acceptors (Lipinski definition) is 14. The van der Waals surface area contributed by atoms with Crippen LogP contribution in [0.15, 0.2) is 39.0 Å². The van der Waals surface area contributed by atoms with Crippen LogP contribution in [-0.4, -0.2) is 94.2 Å². The van der Waals surface area contributed by atoms with Crippen molar-refractivity contribution >= 4 is 130 Å². The summed E-state index contributed by atoms with van der Waals surface area (Å²) in [7, 11) is 4.08. The molecule has 5 heterocycles.